The van der Waals surface area contributed by atoms with Gasteiger partial charge in [0.15, 0.2) is 0 Å². The largest absolute Gasteiger partial charge is 0.356 e. The van der Waals surface area contributed by atoms with Crippen LogP contribution in [0.3, 0.4) is 0 Å². The van der Waals surface area contributed by atoms with Crippen LogP contribution in [-0.2, 0) is 4.79 Å². The van der Waals surface area contributed by atoms with Crippen molar-refractivity contribution in [2.75, 3.05) is 13.1 Å². The highest BCUT2D eigenvalue weighted by atomic mass is 35.5. The highest BCUT2D eigenvalue weighted by Crippen LogP contribution is 2.26. The molecule has 3 N–H and O–H groups in total. The lowest BCUT2D eigenvalue weighted by atomic mass is 9.95. The molecule has 0 aromatic heterocycles. The van der Waals surface area contributed by atoms with Crippen molar-refractivity contribution in [1.29, 1.82) is 0 Å². The molecule has 0 bridgehead atoms. The highest BCUT2D eigenvalue weighted by molar-refractivity contribution is 6.31. The number of nitrogens with one attached hydrogen (secondary N) is 1. The van der Waals surface area contributed by atoms with Crippen molar-refractivity contribution in [2.24, 2.45) is 11.7 Å². The third-order valence-corrected chi connectivity index (χ3v) is 3.11. The molecule has 1 rings (SSSR count). The Morgan fingerprint density at radius 3 is 2.61 bits per heavy atom. The third kappa shape index (κ3) is 4.67. The van der Waals surface area contributed by atoms with Crippen LogP contribution in [0, 0.1) is 5.92 Å². The van der Waals surface area contributed by atoms with Gasteiger partial charge < -0.3 is 11.1 Å². The predicted octanol–water partition coefficient (Wildman–Crippen LogP) is 2.54. The molecule has 1 aromatic rings. The average Bonchev–Trinajstić information content (AvgIpc) is 2.34. The molecule has 4 heteroatoms. The van der Waals surface area contributed by atoms with Crippen LogP contribution in [0.1, 0.15) is 31.7 Å². The molecular formula is C14H21ClN2O. The predicted molar refractivity (Wildman–Crippen MR) is 75.7 cm³/mol. The Kier molecular flexibility index (Phi) is 6.16. The van der Waals surface area contributed by atoms with Gasteiger partial charge in [0, 0.05) is 23.9 Å². The van der Waals surface area contributed by atoms with E-state index in [0.717, 1.165) is 5.56 Å². The van der Waals surface area contributed by atoms with Crippen LogP contribution in [-0.4, -0.2) is 19.0 Å². The second-order valence-corrected chi connectivity index (χ2v) is 5.26. The van der Waals surface area contributed by atoms with Crippen molar-refractivity contribution in [3.63, 3.8) is 0 Å². The Balaban J connectivity index is 2.62. The first kappa shape index (κ1) is 15.0. The Bertz CT molecular complexity index is 393. The molecule has 100 valence electrons. The van der Waals surface area contributed by atoms with Crippen molar-refractivity contribution >= 4 is 17.5 Å². The van der Waals surface area contributed by atoms with Crippen LogP contribution in [0.5, 0.6) is 0 Å². The van der Waals surface area contributed by atoms with E-state index in [1.165, 1.54) is 0 Å². The summed E-state index contributed by atoms with van der Waals surface area (Å²) in [6.07, 6.45) is 0.382. The average molecular weight is 269 g/mol. The van der Waals surface area contributed by atoms with Gasteiger partial charge in [-0.05, 0) is 24.1 Å². The van der Waals surface area contributed by atoms with Crippen LogP contribution in [0.4, 0.5) is 0 Å². The number of halogens is 1. The standard InChI is InChI=1S/C14H21ClN2O/c1-10(2)9-17-14(18)7-11(8-16)12-5-3-4-6-13(12)15/h3-6,10-11H,7-9,16H2,1-2H3,(H,17,18). The Hall–Kier alpha value is -1.06. The van der Waals surface area contributed by atoms with Gasteiger partial charge in [-0.25, -0.2) is 0 Å². The van der Waals surface area contributed by atoms with E-state index in [9.17, 15) is 4.79 Å². The van der Waals surface area contributed by atoms with Crippen molar-refractivity contribution in [3.05, 3.63) is 34.9 Å². The second kappa shape index (κ2) is 7.39. The fraction of sp³-hybridized carbons (Fsp3) is 0.500. The molecule has 0 aliphatic rings. The summed E-state index contributed by atoms with van der Waals surface area (Å²) in [6.45, 7) is 5.24. The molecule has 1 amide bonds. The smallest absolute Gasteiger partial charge is 0.220 e. The molecule has 1 aromatic carbocycles. The molecule has 3 nitrogen and oxygen atoms in total. The summed E-state index contributed by atoms with van der Waals surface area (Å²) >= 11 is 6.12. The summed E-state index contributed by atoms with van der Waals surface area (Å²) < 4.78 is 0. The van der Waals surface area contributed by atoms with E-state index in [4.69, 9.17) is 17.3 Å². The normalized spacial score (nSPS) is 12.5. The monoisotopic (exact) mass is 268 g/mol. The van der Waals surface area contributed by atoms with E-state index in [-0.39, 0.29) is 11.8 Å². The number of hydrogen-bond acceptors (Lipinski definition) is 2. The third-order valence-electron chi connectivity index (χ3n) is 2.77. The molecule has 18 heavy (non-hydrogen) atoms. The lowest BCUT2D eigenvalue weighted by Crippen LogP contribution is -2.30. The Labute approximate surface area is 114 Å². The highest BCUT2D eigenvalue weighted by Gasteiger charge is 2.16. The van der Waals surface area contributed by atoms with Crippen molar-refractivity contribution in [1.82, 2.24) is 5.32 Å². The topological polar surface area (TPSA) is 55.1 Å². The molecular weight excluding hydrogens is 248 g/mol. The SMILES string of the molecule is CC(C)CNC(=O)CC(CN)c1ccccc1Cl. The zero-order chi connectivity index (χ0) is 13.5. The molecule has 0 aliphatic heterocycles. The molecule has 0 radical (unpaired) electrons. The summed E-state index contributed by atoms with van der Waals surface area (Å²) in [4.78, 5) is 11.8. The van der Waals surface area contributed by atoms with Gasteiger partial charge in [0.1, 0.15) is 0 Å². The van der Waals surface area contributed by atoms with E-state index in [0.29, 0.717) is 30.5 Å². The maximum atomic E-state index is 11.8. The van der Waals surface area contributed by atoms with Crippen molar-refractivity contribution in [3.8, 4) is 0 Å². The molecule has 1 unspecified atom stereocenters. The fourth-order valence-corrected chi connectivity index (χ4v) is 2.03. The fourth-order valence-electron chi connectivity index (χ4n) is 1.74. The minimum Gasteiger partial charge on any atom is -0.356 e. The summed E-state index contributed by atoms with van der Waals surface area (Å²) in [6, 6.07) is 7.54. The van der Waals surface area contributed by atoms with E-state index in [1.54, 1.807) is 0 Å². The minimum atomic E-state index is -0.0223. The van der Waals surface area contributed by atoms with E-state index < -0.39 is 0 Å². The van der Waals surface area contributed by atoms with Crippen LogP contribution < -0.4 is 11.1 Å². The maximum Gasteiger partial charge on any atom is 0.220 e. The zero-order valence-corrected chi connectivity index (χ0v) is 11.7. The van der Waals surface area contributed by atoms with E-state index in [2.05, 4.69) is 19.2 Å². The van der Waals surface area contributed by atoms with Gasteiger partial charge in [-0.3, -0.25) is 4.79 Å². The summed E-state index contributed by atoms with van der Waals surface area (Å²) in [5.41, 5.74) is 6.68. The number of amides is 1. The first-order valence-electron chi connectivity index (χ1n) is 6.25. The lowest BCUT2D eigenvalue weighted by Gasteiger charge is -2.17. The zero-order valence-electron chi connectivity index (χ0n) is 10.9. The van der Waals surface area contributed by atoms with Gasteiger partial charge in [-0.1, -0.05) is 43.6 Å². The first-order valence-corrected chi connectivity index (χ1v) is 6.63. The molecule has 0 spiro atoms. The number of carbonyl (C=O) groups excluding carboxylic acids is 1. The van der Waals surface area contributed by atoms with Crippen LogP contribution in [0.15, 0.2) is 24.3 Å². The van der Waals surface area contributed by atoms with Crippen LogP contribution in [0.2, 0.25) is 5.02 Å². The van der Waals surface area contributed by atoms with E-state index >= 15 is 0 Å². The molecule has 0 saturated carbocycles. The van der Waals surface area contributed by atoms with Crippen molar-refractivity contribution in [2.45, 2.75) is 26.2 Å². The molecule has 1 atom stereocenters. The second-order valence-electron chi connectivity index (χ2n) is 4.86. The van der Waals surface area contributed by atoms with Gasteiger partial charge in [0.25, 0.3) is 0 Å². The molecule has 0 aliphatic carbocycles. The van der Waals surface area contributed by atoms with Crippen LogP contribution >= 0.6 is 11.6 Å². The summed E-state index contributed by atoms with van der Waals surface area (Å²) in [7, 11) is 0. The minimum absolute atomic E-state index is 0.0223. The van der Waals surface area contributed by atoms with Gasteiger partial charge in [0.05, 0.1) is 0 Å². The Morgan fingerprint density at radius 1 is 1.39 bits per heavy atom. The molecule has 0 saturated heterocycles. The van der Waals surface area contributed by atoms with Gasteiger partial charge in [0.2, 0.25) is 5.91 Å². The summed E-state index contributed by atoms with van der Waals surface area (Å²) in [5, 5.41) is 3.57. The number of nitrogens with two attached hydrogens (primary N) is 1. The van der Waals surface area contributed by atoms with Gasteiger partial charge >= 0.3 is 0 Å². The molecule has 0 fully saturated rings. The van der Waals surface area contributed by atoms with Crippen LogP contribution in [0.25, 0.3) is 0 Å². The number of hydrogen-bond donors (Lipinski definition) is 2. The number of carbonyl (C=O) groups is 1. The van der Waals surface area contributed by atoms with Crippen molar-refractivity contribution < 1.29 is 4.79 Å². The lowest BCUT2D eigenvalue weighted by molar-refractivity contribution is -0.121. The quantitative estimate of drug-likeness (QED) is 0.833. The maximum absolute atomic E-state index is 11.8. The van der Waals surface area contributed by atoms with Gasteiger partial charge in [-0.2, -0.15) is 0 Å². The number of rotatable bonds is 6. The first-order chi connectivity index (χ1) is 8.54. The Morgan fingerprint density at radius 2 is 2.06 bits per heavy atom. The van der Waals surface area contributed by atoms with Gasteiger partial charge in [-0.15, -0.1) is 0 Å². The molecule has 0 heterocycles. The van der Waals surface area contributed by atoms with E-state index in [1.807, 2.05) is 24.3 Å². The number of benzene rings is 1. The summed E-state index contributed by atoms with van der Waals surface area (Å²) in [5.74, 6) is 0.454.